The summed E-state index contributed by atoms with van der Waals surface area (Å²) in [5, 5.41) is 4.18. The van der Waals surface area contributed by atoms with Gasteiger partial charge in [-0.25, -0.2) is 0 Å². The van der Waals surface area contributed by atoms with Crippen molar-refractivity contribution in [2.45, 2.75) is 46.1 Å². The fraction of sp³-hybridized carbons (Fsp3) is 0.500. The van der Waals surface area contributed by atoms with E-state index in [0.29, 0.717) is 25.3 Å². The standard InChI is InChI=1S/C20H25N3O2/c1-11-6-12(2)20-16(7-11)15(13(3)21-20)9-19(25)23-5-4-14-8-18(24)22-17(14)10-23/h6-7,14,17,21H,4-5,8-10H2,1-3H3,(H,22,24)/t14-,17-/m1/s1. The highest BCUT2D eigenvalue weighted by Crippen LogP contribution is 2.29. The normalized spacial score (nSPS) is 23.0. The zero-order chi connectivity index (χ0) is 17.7. The van der Waals surface area contributed by atoms with Gasteiger partial charge in [0.15, 0.2) is 0 Å². The van der Waals surface area contributed by atoms with Crippen LogP contribution in [0.25, 0.3) is 10.9 Å². The molecule has 0 bridgehead atoms. The number of fused-ring (bicyclic) bond motifs is 2. The topological polar surface area (TPSA) is 65.2 Å². The number of hydrogen-bond acceptors (Lipinski definition) is 2. The highest BCUT2D eigenvalue weighted by molar-refractivity contribution is 5.92. The molecule has 0 spiro atoms. The first-order chi connectivity index (χ1) is 11.9. The molecule has 2 aliphatic heterocycles. The summed E-state index contributed by atoms with van der Waals surface area (Å²) < 4.78 is 0. The lowest BCUT2D eigenvalue weighted by molar-refractivity contribution is -0.132. The van der Waals surface area contributed by atoms with Crippen molar-refractivity contribution in [3.05, 3.63) is 34.5 Å². The van der Waals surface area contributed by atoms with Crippen LogP contribution in [0.15, 0.2) is 12.1 Å². The van der Waals surface area contributed by atoms with Crippen LogP contribution in [0.4, 0.5) is 0 Å². The fourth-order valence-electron chi connectivity index (χ4n) is 4.47. The third kappa shape index (κ3) is 2.81. The molecular formula is C20H25N3O2. The van der Waals surface area contributed by atoms with Crippen LogP contribution in [0.2, 0.25) is 0 Å². The quantitative estimate of drug-likeness (QED) is 0.882. The number of benzene rings is 1. The third-order valence-electron chi connectivity index (χ3n) is 5.80. The molecule has 3 heterocycles. The van der Waals surface area contributed by atoms with Crippen molar-refractivity contribution in [2.24, 2.45) is 5.92 Å². The molecule has 1 aromatic heterocycles. The van der Waals surface area contributed by atoms with Gasteiger partial charge in [-0.1, -0.05) is 11.6 Å². The molecule has 0 saturated carbocycles. The molecule has 2 N–H and O–H groups in total. The Labute approximate surface area is 147 Å². The van der Waals surface area contributed by atoms with Crippen LogP contribution >= 0.6 is 0 Å². The van der Waals surface area contributed by atoms with E-state index < -0.39 is 0 Å². The van der Waals surface area contributed by atoms with Crippen LogP contribution < -0.4 is 5.32 Å². The number of aryl methyl sites for hydroxylation is 3. The highest BCUT2D eigenvalue weighted by atomic mass is 16.2. The molecule has 0 unspecified atom stereocenters. The number of carbonyl (C=O) groups is 2. The number of nitrogens with one attached hydrogen (secondary N) is 2. The summed E-state index contributed by atoms with van der Waals surface area (Å²) in [4.78, 5) is 29.8. The SMILES string of the molecule is Cc1cc(C)c2[nH]c(C)c(CC(=O)N3CC[C@@H]4CC(=O)N[C@@H]4C3)c2c1. The van der Waals surface area contributed by atoms with E-state index in [1.165, 1.54) is 11.1 Å². The van der Waals surface area contributed by atoms with E-state index >= 15 is 0 Å². The maximum Gasteiger partial charge on any atom is 0.227 e. The van der Waals surface area contributed by atoms with Crippen LogP contribution in [0.5, 0.6) is 0 Å². The minimum absolute atomic E-state index is 0.128. The Hall–Kier alpha value is -2.30. The Balaban J connectivity index is 1.56. The molecule has 0 aliphatic carbocycles. The average molecular weight is 339 g/mol. The van der Waals surface area contributed by atoms with Crippen molar-refractivity contribution in [1.29, 1.82) is 0 Å². The molecule has 1 aromatic carbocycles. The highest BCUT2D eigenvalue weighted by Gasteiger charge is 2.38. The summed E-state index contributed by atoms with van der Waals surface area (Å²) in [5.41, 5.74) is 5.73. The van der Waals surface area contributed by atoms with E-state index in [0.717, 1.165) is 35.1 Å². The molecule has 0 radical (unpaired) electrons. The van der Waals surface area contributed by atoms with Gasteiger partial charge in [-0.05, 0) is 50.3 Å². The fourth-order valence-corrected chi connectivity index (χ4v) is 4.47. The number of hydrogen-bond donors (Lipinski definition) is 2. The smallest absolute Gasteiger partial charge is 0.227 e. The molecule has 25 heavy (non-hydrogen) atoms. The summed E-state index contributed by atoms with van der Waals surface area (Å²) in [6.07, 6.45) is 1.95. The zero-order valence-corrected chi connectivity index (χ0v) is 15.1. The van der Waals surface area contributed by atoms with Gasteiger partial charge in [0.25, 0.3) is 0 Å². The van der Waals surface area contributed by atoms with Crippen molar-refractivity contribution >= 4 is 22.7 Å². The van der Waals surface area contributed by atoms with Gasteiger partial charge < -0.3 is 15.2 Å². The first kappa shape index (κ1) is 16.2. The number of aromatic nitrogens is 1. The van der Waals surface area contributed by atoms with E-state index in [-0.39, 0.29) is 17.9 Å². The lowest BCUT2D eigenvalue weighted by atomic mass is 9.92. The second kappa shape index (κ2) is 5.90. The lowest BCUT2D eigenvalue weighted by Crippen LogP contribution is -2.49. The Kier molecular flexibility index (Phi) is 3.82. The number of H-pyrrole nitrogens is 1. The minimum Gasteiger partial charge on any atom is -0.358 e. The molecule has 132 valence electrons. The maximum absolute atomic E-state index is 12.9. The van der Waals surface area contributed by atoms with E-state index in [1.807, 2.05) is 11.8 Å². The number of carbonyl (C=O) groups excluding carboxylic acids is 2. The van der Waals surface area contributed by atoms with Gasteiger partial charge in [0.2, 0.25) is 11.8 Å². The number of aromatic amines is 1. The largest absolute Gasteiger partial charge is 0.358 e. The second-order valence-corrected chi connectivity index (χ2v) is 7.68. The number of rotatable bonds is 2. The van der Waals surface area contributed by atoms with Gasteiger partial charge in [0, 0.05) is 42.1 Å². The Morgan fingerprint density at radius 2 is 2.08 bits per heavy atom. The number of nitrogens with zero attached hydrogens (tertiary/aromatic N) is 1. The molecular weight excluding hydrogens is 314 g/mol. The first-order valence-electron chi connectivity index (χ1n) is 9.08. The summed E-state index contributed by atoms with van der Waals surface area (Å²) in [5.74, 6) is 0.683. The molecule has 2 aliphatic rings. The van der Waals surface area contributed by atoms with E-state index in [1.54, 1.807) is 0 Å². The first-order valence-corrected chi connectivity index (χ1v) is 9.08. The zero-order valence-electron chi connectivity index (χ0n) is 15.1. The predicted octanol–water partition coefficient (Wildman–Crippen LogP) is 2.37. The molecule has 2 aromatic rings. The average Bonchev–Trinajstić information content (AvgIpc) is 3.07. The van der Waals surface area contributed by atoms with Crippen molar-refractivity contribution in [3.8, 4) is 0 Å². The molecule has 5 nitrogen and oxygen atoms in total. The van der Waals surface area contributed by atoms with Crippen molar-refractivity contribution in [2.75, 3.05) is 13.1 Å². The summed E-state index contributed by atoms with van der Waals surface area (Å²) >= 11 is 0. The van der Waals surface area contributed by atoms with Crippen molar-refractivity contribution < 1.29 is 9.59 Å². The molecule has 2 saturated heterocycles. The maximum atomic E-state index is 12.9. The van der Waals surface area contributed by atoms with Gasteiger partial charge in [-0.2, -0.15) is 0 Å². The van der Waals surface area contributed by atoms with E-state index in [4.69, 9.17) is 0 Å². The summed E-state index contributed by atoms with van der Waals surface area (Å²) in [6.45, 7) is 7.64. The van der Waals surface area contributed by atoms with Crippen LogP contribution in [0.1, 0.15) is 35.2 Å². The van der Waals surface area contributed by atoms with Crippen LogP contribution in [-0.2, 0) is 16.0 Å². The van der Waals surface area contributed by atoms with Crippen LogP contribution in [0.3, 0.4) is 0 Å². The van der Waals surface area contributed by atoms with E-state index in [2.05, 4.69) is 36.3 Å². The van der Waals surface area contributed by atoms with Gasteiger partial charge in [0.1, 0.15) is 0 Å². The molecule has 2 atom stereocenters. The Bertz CT molecular complexity index is 867. The summed E-state index contributed by atoms with van der Waals surface area (Å²) in [7, 11) is 0. The predicted molar refractivity (Wildman–Crippen MR) is 97.4 cm³/mol. The van der Waals surface area contributed by atoms with Crippen molar-refractivity contribution in [3.63, 3.8) is 0 Å². The Morgan fingerprint density at radius 1 is 1.28 bits per heavy atom. The minimum atomic E-state index is 0.128. The van der Waals surface area contributed by atoms with Crippen LogP contribution in [-0.4, -0.2) is 40.8 Å². The molecule has 5 heteroatoms. The number of amides is 2. The Morgan fingerprint density at radius 3 is 2.88 bits per heavy atom. The van der Waals surface area contributed by atoms with E-state index in [9.17, 15) is 9.59 Å². The molecule has 2 amide bonds. The number of piperidine rings is 1. The third-order valence-corrected chi connectivity index (χ3v) is 5.80. The monoisotopic (exact) mass is 339 g/mol. The summed E-state index contributed by atoms with van der Waals surface area (Å²) in [6, 6.07) is 4.47. The molecule has 2 fully saturated rings. The van der Waals surface area contributed by atoms with Gasteiger partial charge in [-0.3, -0.25) is 9.59 Å². The van der Waals surface area contributed by atoms with Gasteiger partial charge in [-0.15, -0.1) is 0 Å². The van der Waals surface area contributed by atoms with Crippen LogP contribution in [0, 0.1) is 26.7 Å². The lowest BCUT2D eigenvalue weighted by Gasteiger charge is -2.34. The van der Waals surface area contributed by atoms with Gasteiger partial charge >= 0.3 is 0 Å². The van der Waals surface area contributed by atoms with Crippen molar-refractivity contribution in [1.82, 2.24) is 15.2 Å². The van der Waals surface area contributed by atoms with Gasteiger partial charge in [0.05, 0.1) is 6.42 Å². The number of likely N-dealkylation sites (tertiary alicyclic amines) is 1. The molecule has 4 rings (SSSR count). The second-order valence-electron chi connectivity index (χ2n) is 7.68.